The molecule has 4 atom stereocenters. The van der Waals surface area contributed by atoms with Gasteiger partial charge in [-0.1, -0.05) is 48.0 Å². The largest absolute Gasteiger partial charge is 0.508 e. The number of imide groups is 1. The molecule has 0 radical (unpaired) electrons. The van der Waals surface area contributed by atoms with Crippen molar-refractivity contribution in [1.82, 2.24) is 18.9 Å². The number of para-hydroxylation sites is 1. The molecule has 43 heavy (non-hydrogen) atoms. The molecule has 218 valence electrons. The molecule has 1 aliphatic carbocycles. The number of allylic oxidation sites excluding steroid dienone is 2. The van der Waals surface area contributed by atoms with E-state index in [9.17, 15) is 28.7 Å². The number of hydrogen-bond donors (Lipinski definition) is 2. The number of hydrazine groups is 1. The van der Waals surface area contributed by atoms with Gasteiger partial charge in [-0.2, -0.15) is 5.01 Å². The van der Waals surface area contributed by atoms with Crippen LogP contribution in [0.25, 0.3) is 0 Å². The van der Waals surface area contributed by atoms with Crippen molar-refractivity contribution in [3.8, 4) is 5.75 Å². The van der Waals surface area contributed by atoms with E-state index in [0.717, 1.165) is 9.58 Å². The van der Waals surface area contributed by atoms with E-state index in [0.29, 0.717) is 27.4 Å². The van der Waals surface area contributed by atoms with Gasteiger partial charge < -0.3 is 5.11 Å². The van der Waals surface area contributed by atoms with Crippen LogP contribution in [0.15, 0.2) is 94.0 Å². The van der Waals surface area contributed by atoms with Crippen LogP contribution in [0.1, 0.15) is 29.5 Å². The highest BCUT2D eigenvalue weighted by molar-refractivity contribution is 6.30. The fraction of sp³-hybridized carbons (Fsp3) is 0.226. The highest BCUT2D eigenvalue weighted by Crippen LogP contribution is 2.62. The zero-order valence-electron chi connectivity index (χ0n) is 22.8. The number of benzene rings is 3. The van der Waals surface area contributed by atoms with Gasteiger partial charge in [0.2, 0.25) is 0 Å². The second kappa shape index (κ2) is 9.56. The smallest absolute Gasteiger partial charge is 0.347 e. The predicted octanol–water partition coefficient (Wildman–Crippen LogP) is 3.47. The maximum absolute atomic E-state index is 14.9. The molecule has 1 saturated carbocycles. The van der Waals surface area contributed by atoms with Crippen molar-refractivity contribution >= 4 is 29.1 Å². The molecule has 2 N–H and O–H groups in total. The van der Waals surface area contributed by atoms with Crippen molar-refractivity contribution in [3.05, 3.63) is 127 Å². The van der Waals surface area contributed by atoms with Gasteiger partial charge in [-0.25, -0.2) is 27.9 Å². The van der Waals surface area contributed by atoms with Crippen LogP contribution in [0.5, 0.6) is 5.75 Å². The minimum absolute atomic E-state index is 0.0219. The molecule has 1 aromatic heterocycles. The lowest BCUT2D eigenvalue weighted by Crippen LogP contribution is -2.53. The van der Waals surface area contributed by atoms with Crippen LogP contribution in [0, 0.1) is 11.7 Å². The van der Waals surface area contributed by atoms with E-state index in [4.69, 9.17) is 11.6 Å². The SMILES string of the molecule is Cn1c(=O)n2n(c1=O)[C@@H]1C[C@H]3C(=O)N(Nc4ccc(F)cc4)C(=O)[C@@]3(c3ccc(Cl)cc3)[C@@H](c3ccccc3O)C1=CC2. The van der Waals surface area contributed by atoms with Gasteiger partial charge in [0.05, 0.1) is 29.6 Å². The molecule has 3 aliphatic rings. The molecule has 7 rings (SSSR count). The highest BCUT2D eigenvalue weighted by atomic mass is 35.5. The molecule has 4 aromatic rings. The minimum atomic E-state index is -1.57. The van der Waals surface area contributed by atoms with Gasteiger partial charge in [0, 0.05) is 23.6 Å². The van der Waals surface area contributed by atoms with Crippen LogP contribution in [0.2, 0.25) is 5.02 Å². The summed E-state index contributed by atoms with van der Waals surface area (Å²) in [6, 6.07) is 17.8. The summed E-state index contributed by atoms with van der Waals surface area (Å²) in [4.78, 5) is 55.5. The van der Waals surface area contributed by atoms with Crippen LogP contribution in [-0.4, -0.2) is 35.9 Å². The summed E-state index contributed by atoms with van der Waals surface area (Å²) in [6.45, 7) is 0.0614. The Morgan fingerprint density at radius 2 is 1.65 bits per heavy atom. The molecule has 3 heterocycles. The van der Waals surface area contributed by atoms with Gasteiger partial charge in [-0.05, 0) is 60.0 Å². The number of carbonyl (C=O) groups is 2. The maximum Gasteiger partial charge on any atom is 0.347 e. The summed E-state index contributed by atoms with van der Waals surface area (Å²) in [5.74, 6) is -3.65. The van der Waals surface area contributed by atoms with Crippen molar-refractivity contribution in [1.29, 1.82) is 0 Å². The number of hydrogen-bond acceptors (Lipinski definition) is 6. The van der Waals surface area contributed by atoms with E-state index in [1.807, 2.05) is 6.08 Å². The molecule has 3 aromatic carbocycles. The maximum atomic E-state index is 14.9. The Morgan fingerprint density at radius 1 is 0.953 bits per heavy atom. The average Bonchev–Trinajstić information content (AvgIpc) is 3.35. The quantitative estimate of drug-likeness (QED) is 0.273. The van der Waals surface area contributed by atoms with Crippen molar-refractivity contribution in [2.45, 2.75) is 30.3 Å². The number of rotatable bonds is 4. The number of halogens is 2. The highest BCUT2D eigenvalue weighted by Gasteiger charge is 2.69. The number of nitrogens with zero attached hydrogens (tertiary/aromatic N) is 4. The third kappa shape index (κ3) is 3.70. The molecule has 12 heteroatoms. The summed E-state index contributed by atoms with van der Waals surface area (Å²) in [5, 5.41) is 12.6. The number of phenolic OH excluding ortho intramolecular Hbond substituents is 1. The number of phenols is 1. The Morgan fingerprint density at radius 3 is 2.35 bits per heavy atom. The van der Waals surface area contributed by atoms with Gasteiger partial charge in [-0.3, -0.25) is 15.0 Å². The van der Waals surface area contributed by atoms with Gasteiger partial charge >= 0.3 is 11.4 Å². The van der Waals surface area contributed by atoms with Crippen molar-refractivity contribution in [2.75, 3.05) is 5.43 Å². The zero-order chi connectivity index (χ0) is 30.2. The summed E-state index contributed by atoms with van der Waals surface area (Å²) in [5.41, 5.74) is 2.09. The second-order valence-electron chi connectivity index (χ2n) is 11.0. The Kier molecular flexibility index (Phi) is 6.00. The normalized spacial score (nSPS) is 24.3. The van der Waals surface area contributed by atoms with E-state index in [2.05, 4.69) is 5.43 Å². The lowest BCUT2D eigenvalue weighted by Gasteiger charge is -2.49. The zero-order valence-corrected chi connectivity index (χ0v) is 23.5. The van der Waals surface area contributed by atoms with Crippen molar-refractivity contribution < 1.29 is 19.1 Å². The van der Waals surface area contributed by atoms with Crippen molar-refractivity contribution in [3.63, 3.8) is 0 Å². The van der Waals surface area contributed by atoms with Crippen LogP contribution < -0.4 is 16.8 Å². The fourth-order valence-electron chi connectivity index (χ4n) is 7.10. The molecule has 0 bridgehead atoms. The Labute approximate surface area is 248 Å². The van der Waals surface area contributed by atoms with E-state index in [1.165, 1.54) is 46.7 Å². The van der Waals surface area contributed by atoms with Crippen LogP contribution >= 0.6 is 11.6 Å². The first-order chi connectivity index (χ1) is 20.6. The van der Waals surface area contributed by atoms with Crippen LogP contribution in [0.3, 0.4) is 0 Å². The summed E-state index contributed by atoms with van der Waals surface area (Å²) in [7, 11) is 1.39. The monoisotopic (exact) mass is 601 g/mol. The fourth-order valence-corrected chi connectivity index (χ4v) is 7.23. The third-order valence-electron chi connectivity index (χ3n) is 8.96. The summed E-state index contributed by atoms with van der Waals surface area (Å²) >= 11 is 6.26. The molecule has 0 unspecified atom stereocenters. The topological polar surface area (TPSA) is 119 Å². The number of carbonyl (C=O) groups excluding carboxylic acids is 2. The Hall–Kier alpha value is -4.90. The second-order valence-corrected chi connectivity index (χ2v) is 11.5. The summed E-state index contributed by atoms with van der Waals surface area (Å²) in [6.07, 6.45) is 1.83. The predicted molar refractivity (Wildman–Crippen MR) is 155 cm³/mol. The van der Waals surface area contributed by atoms with E-state index in [-0.39, 0.29) is 18.7 Å². The molecule has 10 nitrogen and oxygen atoms in total. The van der Waals surface area contributed by atoms with Gasteiger partial charge in [0.25, 0.3) is 11.8 Å². The van der Waals surface area contributed by atoms with Gasteiger partial charge in [-0.15, -0.1) is 0 Å². The molecule has 2 fully saturated rings. The number of anilines is 1. The van der Waals surface area contributed by atoms with Gasteiger partial charge in [0.15, 0.2) is 0 Å². The van der Waals surface area contributed by atoms with Crippen molar-refractivity contribution in [2.24, 2.45) is 13.0 Å². The lowest BCUT2D eigenvalue weighted by molar-refractivity contribution is -0.138. The lowest BCUT2D eigenvalue weighted by atomic mass is 9.53. The third-order valence-corrected chi connectivity index (χ3v) is 9.21. The number of nitrogens with one attached hydrogen (secondary N) is 1. The minimum Gasteiger partial charge on any atom is -0.508 e. The first-order valence-corrected chi connectivity index (χ1v) is 14.0. The Balaban J connectivity index is 1.51. The van der Waals surface area contributed by atoms with E-state index >= 15 is 0 Å². The van der Waals surface area contributed by atoms with E-state index < -0.39 is 52.3 Å². The van der Waals surface area contributed by atoms with Crippen LogP contribution in [0.4, 0.5) is 10.1 Å². The average molecular weight is 602 g/mol. The molecular weight excluding hydrogens is 577 g/mol. The molecule has 0 spiro atoms. The number of aromatic hydroxyl groups is 1. The first kappa shape index (κ1) is 27.0. The molecule has 2 amide bonds. The van der Waals surface area contributed by atoms with Crippen LogP contribution in [-0.2, 0) is 28.6 Å². The van der Waals surface area contributed by atoms with E-state index in [1.54, 1.807) is 42.5 Å². The Bertz CT molecular complexity index is 1960. The first-order valence-electron chi connectivity index (χ1n) is 13.7. The van der Waals surface area contributed by atoms with Gasteiger partial charge in [0.1, 0.15) is 11.6 Å². The number of amides is 2. The standard InChI is InChI=1S/C31H25ClFN5O5/c1-35-29(42)36-15-14-21-24(38(36)30(35)43)16-23-27(40)37(34-20-12-10-19(33)11-13-20)28(41)31(23,17-6-8-18(32)9-7-17)26(21)22-4-2-3-5-25(22)39/h2-14,23-24,26,34,39H,15-16H2,1H3/t23-,24+,26+,31+/m0/s1. The number of aromatic nitrogens is 3. The molecule has 1 saturated heterocycles. The number of fused-ring (bicyclic) bond motifs is 4. The molecular formula is C31H25ClFN5O5. The summed E-state index contributed by atoms with van der Waals surface area (Å²) < 4.78 is 17.4. The molecule has 2 aliphatic heterocycles.